The van der Waals surface area contributed by atoms with Gasteiger partial charge in [-0.3, -0.25) is 9.59 Å². The third-order valence-corrected chi connectivity index (χ3v) is 7.45. The van der Waals surface area contributed by atoms with E-state index in [-0.39, 0.29) is 17.8 Å². The summed E-state index contributed by atoms with van der Waals surface area (Å²) >= 11 is 0. The van der Waals surface area contributed by atoms with Crippen molar-refractivity contribution in [3.05, 3.63) is 0 Å². The van der Waals surface area contributed by atoms with Gasteiger partial charge in [0.15, 0.2) is 0 Å². The number of Topliss-reactive ketones (excluding diaryl/α,β-unsaturated/α-hetero) is 2. The molecule has 0 aliphatic heterocycles. The summed E-state index contributed by atoms with van der Waals surface area (Å²) in [5.74, 6) is 2.62. The second-order valence-electron chi connectivity index (χ2n) is 8.50. The topological polar surface area (TPSA) is 34.1 Å². The van der Waals surface area contributed by atoms with Crippen LogP contribution in [0.2, 0.25) is 0 Å². The van der Waals surface area contributed by atoms with Gasteiger partial charge in [-0.05, 0) is 69.1 Å². The van der Waals surface area contributed by atoms with E-state index in [0.717, 1.165) is 25.7 Å². The Balaban J connectivity index is 1.51. The Bertz CT molecular complexity index is 403. The molecule has 0 N–H and O–H groups in total. The molecule has 0 saturated heterocycles. The van der Waals surface area contributed by atoms with Crippen LogP contribution in [0.3, 0.4) is 0 Å². The van der Waals surface area contributed by atoms with Gasteiger partial charge < -0.3 is 0 Å². The molecule has 22 heavy (non-hydrogen) atoms. The first-order chi connectivity index (χ1) is 10.8. The first kappa shape index (κ1) is 14.9. The molecule has 0 unspecified atom stereocenters. The second kappa shape index (κ2) is 6.09. The van der Waals surface area contributed by atoms with Crippen molar-refractivity contribution < 1.29 is 9.59 Å². The molecule has 0 bridgehead atoms. The maximum atomic E-state index is 13.1. The third kappa shape index (κ3) is 2.47. The Kier molecular flexibility index (Phi) is 4.13. The fraction of sp³-hybridized carbons (Fsp3) is 0.900. The van der Waals surface area contributed by atoms with Gasteiger partial charge in [-0.15, -0.1) is 0 Å². The summed E-state index contributed by atoms with van der Waals surface area (Å²) in [6.07, 6.45) is 14.5. The van der Waals surface area contributed by atoms with E-state index in [4.69, 9.17) is 0 Å². The van der Waals surface area contributed by atoms with Gasteiger partial charge in [0.25, 0.3) is 0 Å². The lowest BCUT2D eigenvalue weighted by atomic mass is 9.59. The number of rotatable bonds is 2. The first-order valence-corrected chi connectivity index (χ1v) is 9.83. The lowest BCUT2D eigenvalue weighted by molar-refractivity contribution is -0.147. The number of carbonyl (C=O) groups excluding carboxylic acids is 2. The van der Waals surface area contributed by atoms with Crippen LogP contribution < -0.4 is 0 Å². The normalized spacial score (nSPS) is 41.1. The van der Waals surface area contributed by atoms with Gasteiger partial charge in [0.05, 0.1) is 5.92 Å². The quantitative estimate of drug-likeness (QED) is 0.701. The lowest BCUT2D eigenvalue weighted by Gasteiger charge is -2.42. The summed E-state index contributed by atoms with van der Waals surface area (Å²) < 4.78 is 0. The molecular weight excluding hydrogens is 272 g/mol. The molecule has 0 heterocycles. The van der Waals surface area contributed by atoms with E-state index in [1.54, 1.807) is 0 Å². The highest BCUT2D eigenvalue weighted by Crippen LogP contribution is 2.48. The number of carbonyl (C=O) groups is 2. The van der Waals surface area contributed by atoms with Crippen LogP contribution in [0, 0.1) is 35.5 Å². The molecule has 4 fully saturated rings. The largest absolute Gasteiger partial charge is 0.299 e. The Labute approximate surface area is 134 Å². The van der Waals surface area contributed by atoms with E-state index in [1.807, 2.05) is 0 Å². The van der Waals surface area contributed by atoms with E-state index in [9.17, 15) is 9.59 Å². The minimum atomic E-state index is -0.196. The summed E-state index contributed by atoms with van der Waals surface area (Å²) in [5, 5.41) is 0. The van der Waals surface area contributed by atoms with Crippen molar-refractivity contribution in [1.29, 1.82) is 0 Å². The molecule has 0 aromatic rings. The van der Waals surface area contributed by atoms with Crippen molar-refractivity contribution in [2.75, 3.05) is 0 Å². The van der Waals surface area contributed by atoms with E-state index in [0.29, 0.717) is 29.3 Å². The van der Waals surface area contributed by atoms with Crippen molar-refractivity contribution in [2.45, 2.75) is 77.0 Å². The maximum Gasteiger partial charge on any atom is 0.146 e. The predicted octanol–water partition coefficient (Wildman–Crippen LogP) is 4.56. The molecule has 0 aromatic carbocycles. The van der Waals surface area contributed by atoms with E-state index >= 15 is 0 Å². The van der Waals surface area contributed by atoms with Crippen LogP contribution in [0.5, 0.6) is 0 Å². The van der Waals surface area contributed by atoms with Gasteiger partial charge >= 0.3 is 0 Å². The molecule has 0 spiro atoms. The van der Waals surface area contributed by atoms with Crippen LogP contribution in [0.25, 0.3) is 0 Å². The third-order valence-electron chi connectivity index (χ3n) is 7.45. The summed E-state index contributed by atoms with van der Waals surface area (Å²) in [4.78, 5) is 26.2. The zero-order valence-corrected chi connectivity index (χ0v) is 13.8. The van der Waals surface area contributed by atoms with Crippen LogP contribution in [-0.2, 0) is 9.59 Å². The van der Waals surface area contributed by atoms with Crippen LogP contribution in [-0.4, -0.2) is 11.6 Å². The van der Waals surface area contributed by atoms with E-state index < -0.39 is 0 Å². The molecule has 2 heteroatoms. The Morgan fingerprint density at radius 1 is 0.500 bits per heavy atom. The fourth-order valence-corrected chi connectivity index (χ4v) is 6.27. The smallest absolute Gasteiger partial charge is 0.146 e. The van der Waals surface area contributed by atoms with E-state index in [1.165, 1.54) is 51.4 Å². The Hall–Kier alpha value is -0.660. The highest BCUT2D eigenvalue weighted by atomic mass is 16.2. The monoisotopic (exact) mass is 302 g/mol. The highest BCUT2D eigenvalue weighted by molar-refractivity contribution is 6.05. The van der Waals surface area contributed by atoms with Crippen LogP contribution in [0.15, 0.2) is 0 Å². The molecule has 0 aromatic heterocycles. The number of hydrogen-bond donors (Lipinski definition) is 0. The molecular formula is C20H30O2. The zero-order valence-electron chi connectivity index (χ0n) is 13.8. The van der Waals surface area contributed by atoms with Crippen LogP contribution in [0.4, 0.5) is 0 Å². The minimum absolute atomic E-state index is 0.196. The SMILES string of the molecule is O=C1C2C(=O)[C@@H](C3CCCC3)CCC2CC[C@@H]1C1CCCC1. The summed E-state index contributed by atoms with van der Waals surface area (Å²) in [7, 11) is 0. The number of fused-ring (bicyclic) bond motifs is 1. The van der Waals surface area contributed by atoms with Crippen LogP contribution >= 0.6 is 0 Å². The number of hydrogen-bond acceptors (Lipinski definition) is 2. The minimum Gasteiger partial charge on any atom is -0.299 e. The average Bonchev–Trinajstić information content (AvgIpc) is 3.21. The molecule has 4 aliphatic rings. The first-order valence-electron chi connectivity index (χ1n) is 9.83. The molecule has 2 nitrogen and oxygen atoms in total. The van der Waals surface area contributed by atoms with Gasteiger partial charge in [-0.1, -0.05) is 25.7 Å². The van der Waals surface area contributed by atoms with Gasteiger partial charge in [-0.2, -0.15) is 0 Å². The van der Waals surface area contributed by atoms with Gasteiger partial charge in [0.2, 0.25) is 0 Å². The molecule has 2 atom stereocenters. The highest BCUT2D eigenvalue weighted by Gasteiger charge is 2.50. The summed E-state index contributed by atoms with van der Waals surface area (Å²) in [5.41, 5.74) is 0. The van der Waals surface area contributed by atoms with Crippen LogP contribution in [0.1, 0.15) is 77.0 Å². The Morgan fingerprint density at radius 3 is 1.32 bits per heavy atom. The molecule has 4 rings (SSSR count). The van der Waals surface area contributed by atoms with Gasteiger partial charge in [0.1, 0.15) is 11.6 Å². The van der Waals surface area contributed by atoms with E-state index in [2.05, 4.69) is 0 Å². The standard InChI is InChI=1S/C20H30O2/c21-19-16(13-5-1-2-6-13)11-9-15-10-12-17(20(22)18(15)19)14-7-3-4-8-14/h13-18H,1-12H2/t15?,16-,17-,18?/m1/s1. The van der Waals surface area contributed by atoms with Gasteiger partial charge in [0, 0.05) is 11.8 Å². The molecule has 0 radical (unpaired) electrons. The molecule has 0 amide bonds. The second-order valence-corrected chi connectivity index (χ2v) is 8.50. The van der Waals surface area contributed by atoms with Crippen molar-refractivity contribution in [1.82, 2.24) is 0 Å². The molecule has 4 aliphatic carbocycles. The predicted molar refractivity (Wildman–Crippen MR) is 86.4 cm³/mol. The number of ketones is 2. The summed E-state index contributed by atoms with van der Waals surface area (Å²) in [6, 6.07) is 0. The van der Waals surface area contributed by atoms with Crippen molar-refractivity contribution in [3.63, 3.8) is 0 Å². The maximum absolute atomic E-state index is 13.1. The van der Waals surface area contributed by atoms with Crippen molar-refractivity contribution in [2.24, 2.45) is 35.5 Å². The summed E-state index contributed by atoms with van der Waals surface area (Å²) in [6.45, 7) is 0. The molecule has 4 saturated carbocycles. The molecule has 122 valence electrons. The Morgan fingerprint density at radius 2 is 0.909 bits per heavy atom. The van der Waals surface area contributed by atoms with Crippen molar-refractivity contribution in [3.8, 4) is 0 Å². The lowest BCUT2D eigenvalue weighted by Crippen LogP contribution is -2.48. The van der Waals surface area contributed by atoms with Gasteiger partial charge in [-0.25, -0.2) is 0 Å². The zero-order chi connectivity index (χ0) is 15.1. The van der Waals surface area contributed by atoms with Crippen molar-refractivity contribution >= 4 is 11.6 Å². The average molecular weight is 302 g/mol. The fourth-order valence-electron chi connectivity index (χ4n) is 6.27.